The molecule has 0 bridgehead atoms. The fourth-order valence-corrected chi connectivity index (χ4v) is 7.63. The maximum absolute atomic E-state index is 13.3. The molecular weight excluding hydrogens is 384 g/mol. The predicted octanol–water partition coefficient (Wildman–Crippen LogP) is 5.18. The van der Waals surface area contributed by atoms with Gasteiger partial charge in [-0.3, -0.25) is 9.59 Å². The summed E-state index contributed by atoms with van der Waals surface area (Å²) in [5.41, 5.74) is 2.88. The van der Waals surface area contributed by atoms with Crippen molar-refractivity contribution < 1.29 is 14.7 Å². The number of aliphatic hydroxyl groups excluding tert-OH is 1. The lowest BCUT2D eigenvalue weighted by Crippen LogP contribution is -2.50. The van der Waals surface area contributed by atoms with E-state index in [0.29, 0.717) is 11.8 Å². The fraction of sp³-hybridized carbons (Fsp3) is 0.500. The first kappa shape index (κ1) is 20.6. The van der Waals surface area contributed by atoms with Crippen LogP contribution in [0, 0.1) is 28.1 Å². The summed E-state index contributed by atoms with van der Waals surface area (Å²) in [4.78, 5) is 25.3. The molecule has 6 unspecified atom stereocenters. The number of aliphatic hydroxyl groups is 1. The first-order chi connectivity index (χ1) is 14.8. The molecular formula is C28H32O3. The lowest BCUT2D eigenvalue weighted by molar-refractivity contribution is -0.139. The van der Waals surface area contributed by atoms with Crippen molar-refractivity contribution in [2.75, 3.05) is 6.61 Å². The average Bonchev–Trinajstić information content (AvgIpc) is 3.02. The summed E-state index contributed by atoms with van der Waals surface area (Å²) >= 11 is 0. The van der Waals surface area contributed by atoms with E-state index in [4.69, 9.17) is 0 Å². The van der Waals surface area contributed by atoms with Crippen LogP contribution in [-0.2, 0) is 9.59 Å². The van der Waals surface area contributed by atoms with Crippen LogP contribution < -0.4 is 0 Å². The zero-order valence-corrected chi connectivity index (χ0v) is 18.7. The molecule has 31 heavy (non-hydrogen) atoms. The molecule has 162 valence electrons. The van der Waals surface area contributed by atoms with Crippen LogP contribution in [0.2, 0.25) is 0 Å². The number of carbonyl (C=O) groups excluding carboxylic acids is 2. The van der Waals surface area contributed by atoms with E-state index in [2.05, 4.69) is 57.2 Å². The Kier molecular flexibility index (Phi) is 4.57. The quantitative estimate of drug-likeness (QED) is 0.691. The monoisotopic (exact) mass is 416 g/mol. The number of ketones is 2. The highest BCUT2D eigenvalue weighted by atomic mass is 16.3. The molecule has 4 aliphatic carbocycles. The summed E-state index contributed by atoms with van der Waals surface area (Å²) in [5.74, 6) is 0.942. The van der Waals surface area contributed by atoms with Crippen LogP contribution in [0.5, 0.6) is 0 Å². The van der Waals surface area contributed by atoms with E-state index in [1.807, 2.05) is 12.1 Å². The Hall–Kier alpha value is -2.26. The second-order valence-corrected chi connectivity index (χ2v) is 10.6. The Morgan fingerprint density at radius 1 is 1.16 bits per heavy atom. The molecule has 0 saturated heterocycles. The lowest BCUT2D eigenvalue weighted by atomic mass is 9.49. The zero-order valence-electron chi connectivity index (χ0n) is 18.7. The van der Waals surface area contributed by atoms with Gasteiger partial charge in [0.15, 0.2) is 11.6 Å². The molecule has 5 rings (SSSR count). The van der Waals surface area contributed by atoms with E-state index in [9.17, 15) is 14.7 Å². The Labute approximate surface area is 184 Å². The Bertz CT molecular complexity index is 1030. The van der Waals surface area contributed by atoms with Crippen molar-refractivity contribution >= 4 is 11.6 Å². The average molecular weight is 417 g/mol. The van der Waals surface area contributed by atoms with E-state index in [1.54, 1.807) is 6.08 Å². The van der Waals surface area contributed by atoms with E-state index < -0.39 is 12.0 Å². The van der Waals surface area contributed by atoms with Crippen molar-refractivity contribution in [2.24, 2.45) is 28.1 Å². The Morgan fingerprint density at radius 3 is 2.61 bits per heavy atom. The largest absolute Gasteiger partial charge is 0.389 e. The van der Waals surface area contributed by atoms with Crippen LogP contribution in [0.1, 0.15) is 57.9 Å². The van der Waals surface area contributed by atoms with Crippen molar-refractivity contribution in [3.05, 3.63) is 71.3 Å². The molecule has 6 atom stereocenters. The fourth-order valence-electron chi connectivity index (χ4n) is 7.63. The van der Waals surface area contributed by atoms with Gasteiger partial charge in [0.05, 0.1) is 0 Å². The molecule has 4 aliphatic rings. The molecule has 0 spiro atoms. The molecule has 2 fully saturated rings. The molecule has 0 aromatic heterocycles. The first-order valence-corrected chi connectivity index (χ1v) is 11.6. The van der Waals surface area contributed by atoms with Crippen molar-refractivity contribution in [3.8, 4) is 0 Å². The van der Waals surface area contributed by atoms with Crippen LogP contribution in [0.4, 0.5) is 0 Å². The van der Waals surface area contributed by atoms with Crippen LogP contribution >= 0.6 is 0 Å². The lowest BCUT2D eigenvalue weighted by Gasteiger charge is -2.54. The maximum atomic E-state index is 13.3. The van der Waals surface area contributed by atoms with Crippen molar-refractivity contribution in [1.82, 2.24) is 0 Å². The zero-order chi connectivity index (χ0) is 22.0. The standard InChI is InChI=1S/C28H32O3/c1-26-13-11-20(30)15-19(26)9-10-21-22(26)12-14-27(2)24(21)16-23(18-7-5-4-6-8-18)28(27,3)25(31)17-29/h4-8,11-13,15,21,23-24,29H,9-10,14,16-17H2,1-3H3. The third-order valence-corrected chi connectivity index (χ3v) is 9.64. The van der Waals surface area contributed by atoms with E-state index in [1.165, 1.54) is 16.7 Å². The summed E-state index contributed by atoms with van der Waals surface area (Å²) in [7, 11) is 0. The first-order valence-electron chi connectivity index (χ1n) is 11.6. The number of Topliss-reactive ketones (excluding diaryl/α,β-unsaturated/α-hetero) is 1. The van der Waals surface area contributed by atoms with E-state index in [-0.39, 0.29) is 28.3 Å². The minimum atomic E-state index is -0.606. The van der Waals surface area contributed by atoms with Gasteiger partial charge in [-0.25, -0.2) is 0 Å². The number of carbonyl (C=O) groups is 2. The maximum Gasteiger partial charge on any atom is 0.178 e. The highest BCUT2D eigenvalue weighted by Gasteiger charge is 2.66. The van der Waals surface area contributed by atoms with Crippen LogP contribution in [0.25, 0.3) is 0 Å². The Balaban J connectivity index is 1.62. The van der Waals surface area contributed by atoms with Gasteiger partial charge >= 0.3 is 0 Å². The van der Waals surface area contributed by atoms with Gasteiger partial charge in [0.2, 0.25) is 0 Å². The van der Waals surface area contributed by atoms with E-state index in [0.717, 1.165) is 25.7 Å². The van der Waals surface area contributed by atoms with Gasteiger partial charge in [0, 0.05) is 10.8 Å². The molecule has 3 heteroatoms. The van der Waals surface area contributed by atoms with Crippen molar-refractivity contribution in [1.29, 1.82) is 0 Å². The van der Waals surface area contributed by atoms with Crippen molar-refractivity contribution in [3.63, 3.8) is 0 Å². The highest BCUT2D eigenvalue weighted by Crippen LogP contribution is 2.71. The van der Waals surface area contributed by atoms with Crippen LogP contribution in [-0.4, -0.2) is 23.3 Å². The van der Waals surface area contributed by atoms with Crippen LogP contribution in [0.3, 0.4) is 0 Å². The van der Waals surface area contributed by atoms with Crippen molar-refractivity contribution in [2.45, 2.75) is 52.4 Å². The second kappa shape index (κ2) is 6.87. The number of allylic oxidation sites excluding steroid dienone is 6. The van der Waals surface area contributed by atoms with Gasteiger partial charge < -0.3 is 5.11 Å². The third kappa shape index (κ3) is 2.62. The van der Waals surface area contributed by atoms with Crippen LogP contribution in [0.15, 0.2) is 65.8 Å². The molecule has 0 heterocycles. The smallest absolute Gasteiger partial charge is 0.178 e. The minimum absolute atomic E-state index is 0.0334. The highest BCUT2D eigenvalue weighted by molar-refractivity contribution is 6.01. The number of benzene rings is 1. The topological polar surface area (TPSA) is 54.4 Å². The van der Waals surface area contributed by atoms with Gasteiger partial charge in [-0.05, 0) is 73.5 Å². The molecule has 1 N–H and O–H groups in total. The number of hydrogen-bond donors (Lipinski definition) is 1. The summed E-state index contributed by atoms with van der Waals surface area (Å²) < 4.78 is 0. The van der Waals surface area contributed by atoms with Gasteiger partial charge in [0.1, 0.15) is 6.61 Å². The Morgan fingerprint density at radius 2 is 1.90 bits per heavy atom. The predicted molar refractivity (Wildman–Crippen MR) is 121 cm³/mol. The number of hydrogen-bond acceptors (Lipinski definition) is 3. The SMILES string of the molecule is CC12C=CC(=O)C=C1CCC1C2=CCC2(C)C1CC(c1ccccc1)C2(C)C(=O)CO. The summed E-state index contributed by atoms with van der Waals surface area (Å²) in [6.45, 7) is 6.25. The normalized spacial score (nSPS) is 41.0. The molecule has 0 amide bonds. The summed E-state index contributed by atoms with van der Waals surface area (Å²) in [5, 5.41) is 9.97. The molecule has 1 aromatic rings. The van der Waals surface area contributed by atoms with Gasteiger partial charge in [-0.2, -0.15) is 0 Å². The van der Waals surface area contributed by atoms with Gasteiger partial charge in [0.25, 0.3) is 0 Å². The molecule has 1 aromatic carbocycles. The number of fused-ring (bicyclic) bond motifs is 5. The molecule has 0 radical (unpaired) electrons. The molecule has 2 saturated carbocycles. The summed E-state index contributed by atoms with van der Waals surface area (Å²) in [6.07, 6.45) is 11.8. The summed E-state index contributed by atoms with van der Waals surface area (Å²) in [6, 6.07) is 10.4. The second-order valence-electron chi connectivity index (χ2n) is 10.6. The van der Waals surface area contributed by atoms with Gasteiger partial charge in [-0.15, -0.1) is 0 Å². The third-order valence-electron chi connectivity index (χ3n) is 9.64. The minimum Gasteiger partial charge on any atom is -0.389 e. The molecule has 0 aliphatic heterocycles. The van der Waals surface area contributed by atoms with E-state index >= 15 is 0 Å². The molecule has 3 nitrogen and oxygen atoms in total. The number of rotatable bonds is 3. The van der Waals surface area contributed by atoms with Gasteiger partial charge in [-0.1, -0.05) is 67.5 Å².